The number of para-hydroxylation sites is 3. The Morgan fingerprint density at radius 1 is 0.963 bits per heavy atom. The maximum atomic E-state index is 6.00. The SMILES string of the molecule is Cc1cc(NCCC(C)C)nc(Nc2ccccc2Oc2ccccc2)n1. The monoisotopic (exact) mass is 362 g/mol. The van der Waals surface area contributed by atoms with Crippen molar-refractivity contribution in [2.24, 2.45) is 5.92 Å². The summed E-state index contributed by atoms with van der Waals surface area (Å²) in [6.45, 7) is 7.28. The van der Waals surface area contributed by atoms with Gasteiger partial charge in [-0.15, -0.1) is 0 Å². The van der Waals surface area contributed by atoms with Crippen LogP contribution in [0.4, 0.5) is 17.5 Å². The zero-order valence-electron chi connectivity index (χ0n) is 16.1. The molecule has 1 heterocycles. The molecule has 2 N–H and O–H groups in total. The van der Waals surface area contributed by atoms with Crippen molar-refractivity contribution < 1.29 is 4.74 Å². The number of nitrogens with one attached hydrogen (secondary N) is 2. The molecule has 27 heavy (non-hydrogen) atoms. The normalized spacial score (nSPS) is 10.7. The van der Waals surface area contributed by atoms with Gasteiger partial charge in [0, 0.05) is 18.3 Å². The van der Waals surface area contributed by atoms with Gasteiger partial charge in [-0.3, -0.25) is 0 Å². The van der Waals surface area contributed by atoms with Crippen molar-refractivity contribution in [2.45, 2.75) is 27.2 Å². The molecule has 0 unspecified atom stereocenters. The highest BCUT2D eigenvalue weighted by Gasteiger charge is 2.08. The molecule has 0 radical (unpaired) electrons. The third-order valence-electron chi connectivity index (χ3n) is 3.99. The lowest BCUT2D eigenvalue weighted by Crippen LogP contribution is -2.08. The third-order valence-corrected chi connectivity index (χ3v) is 3.99. The summed E-state index contributed by atoms with van der Waals surface area (Å²) in [4.78, 5) is 9.09. The maximum Gasteiger partial charge on any atom is 0.229 e. The predicted molar refractivity (Wildman–Crippen MR) is 111 cm³/mol. The number of aryl methyl sites for hydroxylation is 1. The van der Waals surface area contributed by atoms with E-state index in [-0.39, 0.29) is 0 Å². The first kappa shape index (κ1) is 18.7. The average Bonchev–Trinajstić information content (AvgIpc) is 2.63. The van der Waals surface area contributed by atoms with Crippen LogP contribution in [-0.2, 0) is 0 Å². The number of hydrogen-bond acceptors (Lipinski definition) is 5. The molecule has 1 aromatic heterocycles. The molecule has 0 aliphatic rings. The van der Waals surface area contributed by atoms with E-state index in [1.807, 2.05) is 67.6 Å². The van der Waals surface area contributed by atoms with Crippen LogP contribution in [0.25, 0.3) is 0 Å². The van der Waals surface area contributed by atoms with Crippen LogP contribution in [0.15, 0.2) is 60.7 Å². The number of nitrogens with zero attached hydrogens (tertiary/aromatic N) is 2. The molecule has 5 nitrogen and oxygen atoms in total. The minimum Gasteiger partial charge on any atom is -0.455 e. The quantitative estimate of drug-likeness (QED) is 0.532. The Labute approximate surface area is 160 Å². The predicted octanol–water partition coefficient (Wildman–Crippen LogP) is 5.78. The van der Waals surface area contributed by atoms with E-state index in [2.05, 4.69) is 34.4 Å². The summed E-state index contributed by atoms with van der Waals surface area (Å²) in [6, 6.07) is 19.4. The van der Waals surface area contributed by atoms with E-state index in [1.54, 1.807) is 0 Å². The molecule has 3 aromatic rings. The first-order valence-electron chi connectivity index (χ1n) is 9.28. The minimum absolute atomic E-state index is 0.547. The average molecular weight is 362 g/mol. The number of rotatable bonds is 8. The zero-order chi connectivity index (χ0) is 19.1. The van der Waals surface area contributed by atoms with Crippen LogP contribution in [-0.4, -0.2) is 16.5 Å². The van der Waals surface area contributed by atoms with Crippen LogP contribution in [0.5, 0.6) is 11.5 Å². The van der Waals surface area contributed by atoms with Gasteiger partial charge in [0.2, 0.25) is 5.95 Å². The molecule has 5 heteroatoms. The lowest BCUT2D eigenvalue weighted by Gasteiger charge is -2.14. The number of aromatic nitrogens is 2. The Kier molecular flexibility index (Phi) is 6.26. The number of anilines is 3. The fourth-order valence-corrected chi connectivity index (χ4v) is 2.60. The van der Waals surface area contributed by atoms with Gasteiger partial charge in [0.1, 0.15) is 11.6 Å². The first-order chi connectivity index (χ1) is 13.1. The van der Waals surface area contributed by atoms with Crippen LogP contribution in [0.1, 0.15) is 26.0 Å². The number of hydrogen-bond donors (Lipinski definition) is 2. The number of ether oxygens (including phenoxy) is 1. The van der Waals surface area contributed by atoms with E-state index >= 15 is 0 Å². The second-order valence-corrected chi connectivity index (χ2v) is 6.86. The maximum absolute atomic E-state index is 6.00. The fourth-order valence-electron chi connectivity index (χ4n) is 2.60. The first-order valence-corrected chi connectivity index (χ1v) is 9.28. The Bertz CT molecular complexity index is 865. The molecule has 0 saturated carbocycles. The van der Waals surface area contributed by atoms with Gasteiger partial charge in [0.25, 0.3) is 0 Å². The molecular formula is C22H26N4O. The smallest absolute Gasteiger partial charge is 0.229 e. The molecule has 3 rings (SSSR count). The van der Waals surface area contributed by atoms with E-state index in [1.165, 1.54) is 0 Å². The Hall–Kier alpha value is -3.08. The molecule has 0 spiro atoms. The Morgan fingerprint density at radius 2 is 1.70 bits per heavy atom. The highest BCUT2D eigenvalue weighted by Crippen LogP contribution is 2.30. The van der Waals surface area contributed by atoms with Crippen molar-refractivity contribution in [3.8, 4) is 11.5 Å². The van der Waals surface area contributed by atoms with Gasteiger partial charge in [-0.05, 0) is 43.5 Å². The van der Waals surface area contributed by atoms with Crippen LogP contribution >= 0.6 is 0 Å². The van der Waals surface area contributed by atoms with Gasteiger partial charge in [-0.2, -0.15) is 4.98 Å². The molecular weight excluding hydrogens is 336 g/mol. The third kappa shape index (κ3) is 5.71. The summed E-state index contributed by atoms with van der Waals surface area (Å²) in [7, 11) is 0. The van der Waals surface area contributed by atoms with Crippen LogP contribution < -0.4 is 15.4 Å². The highest BCUT2D eigenvalue weighted by atomic mass is 16.5. The molecule has 0 atom stereocenters. The van der Waals surface area contributed by atoms with Crippen molar-refractivity contribution in [1.29, 1.82) is 0 Å². The molecule has 0 amide bonds. The summed E-state index contributed by atoms with van der Waals surface area (Å²) in [5, 5.41) is 6.66. The Balaban J connectivity index is 1.76. The van der Waals surface area contributed by atoms with Gasteiger partial charge >= 0.3 is 0 Å². The summed E-state index contributed by atoms with van der Waals surface area (Å²) >= 11 is 0. The second kappa shape index (κ2) is 9.03. The van der Waals surface area contributed by atoms with E-state index in [9.17, 15) is 0 Å². The van der Waals surface area contributed by atoms with Crippen molar-refractivity contribution in [3.05, 3.63) is 66.4 Å². The van der Waals surface area contributed by atoms with Crippen LogP contribution in [0.2, 0.25) is 0 Å². The summed E-state index contributed by atoms with van der Waals surface area (Å²) in [6.07, 6.45) is 1.10. The van der Waals surface area contributed by atoms with Crippen molar-refractivity contribution >= 4 is 17.5 Å². The Morgan fingerprint density at radius 3 is 2.48 bits per heavy atom. The second-order valence-electron chi connectivity index (χ2n) is 6.86. The van der Waals surface area contributed by atoms with Gasteiger partial charge in [-0.1, -0.05) is 44.2 Å². The molecule has 2 aromatic carbocycles. The van der Waals surface area contributed by atoms with Gasteiger partial charge in [0.05, 0.1) is 5.69 Å². The number of benzene rings is 2. The van der Waals surface area contributed by atoms with E-state index < -0.39 is 0 Å². The van der Waals surface area contributed by atoms with Crippen molar-refractivity contribution in [2.75, 3.05) is 17.2 Å². The molecule has 0 aliphatic heterocycles. The minimum atomic E-state index is 0.547. The largest absolute Gasteiger partial charge is 0.455 e. The molecule has 140 valence electrons. The van der Waals surface area contributed by atoms with Gasteiger partial charge in [-0.25, -0.2) is 4.98 Å². The summed E-state index contributed by atoms with van der Waals surface area (Å²) in [5.41, 5.74) is 1.72. The van der Waals surface area contributed by atoms with E-state index in [4.69, 9.17) is 4.74 Å². The van der Waals surface area contributed by atoms with E-state index in [0.717, 1.165) is 41.7 Å². The van der Waals surface area contributed by atoms with Crippen molar-refractivity contribution in [1.82, 2.24) is 9.97 Å². The van der Waals surface area contributed by atoms with Crippen molar-refractivity contribution in [3.63, 3.8) is 0 Å². The molecule has 0 bridgehead atoms. The zero-order valence-corrected chi connectivity index (χ0v) is 16.1. The molecule has 0 saturated heterocycles. The van der Waals surface area contributed by atoms with Gasteiger partial charge in [0.15, 0.2) is 5.75 Å². The topological polar surface area (TPSA) is 59.1 Å². The van der Waals surface area contributed by atoms with Crippen LogP contribution in [0, 0.1) is 12.8 Å². The van der Waals surface area contributed by atoms with E-state index in [0.29, 0.717) is 11.9 Å². The lowest BCUT2D eigenvalue weighted by molar-refractivity contribution is 0.485. The molecule has 0 fully saturated rings. The summed E-state index contributed by atoms with van der Waals surface area (Å²) < 4.78 is 6.00. The highest BCUT2D eigenvalue weighted by molar-refractivity contribution is 5.64. The van der Waals surface area contributed by atoms with Gasteiger partial charge < -0.3 is 15.4 Å². The standard InChI is InChI=1S/C22H26N4O/c1-16(2)13-14-23-21-15-17(3)24-22(26-21)25-19-11-7-8-12-20(19)27-18-9-5-4-6-10-18/h4-12,15-16H,13-14H2,1-3H3,(H2,23,24,25,26). The lowest BCUT2D eigenvalue weighted by atomic mass is 10.1. The fraction of sp³-hybridized carbons (Fsp3) is 0.273. The summed E-state index contributed by atoms with van der Waals surface area (Å²) in [5.74, 6) is 3.54. The van der Waals surface area contributed by atoms with Crippen LogP contribution in [0.3, 0.4) is 0 Å². The molecule has 0 aliphatic carbocycles.